The Kier molecular flexibility index (Phi) is 7.26. The highest BCUT2D eigenvalue weighted by Crippen LogP contribution is 2.13. The van der Waals surface area contributed by atoms with Gasteiger partial charge in [0.2, 0.25) is 0 Å². The SMILES string of the molecule is CCCCC(CC)C(=O)OCC=O. The first-order chi connectivity index (χ1) is 6.26. The highest BCUT2D eigenvalue weighted by atomic mass is 16.5. The summed E-state index contributed by atoms with van der Waals surface area (Å²) in [6.07, 6.45) is 4.37. The average molecular weight is 186 g/mol. The summed E-state index contributed by atoms with van der Waals surface area (Å²) >= 11 is 0. The Morgan fingerprint density at radius 1 is 1.46 bits per heavy atom. The van der Waals surface area contributed by atoms with Crippen LogP contribution in [0, 0.1) is 5.92 Å². The number of carbonyl (C=O) groups excluding carboxylic acids is 2. The van der Waals surface area contributed by atoms with Crippen molar-refractivity contribution in [1.29, 1.82) is 0 Å². The van der Waals surface area contributed by atoms with E-state index in [0.717, 1.165) is 25.7 Å². The summed E-state index contributed by atoms with van der Waals surface area (Å²) in [6, 6.07) is 0. The topological polar surface area (TPSA) is 43.4 Å². The van der Waals surface area contributed by atoms with Gasteiger partial charge in [-0.3, -0.25) is 9.59 Å². The molecule has 0 aromatic rings. The zero-order valence-corrected chi connectivity index (χ0v) is 8.41. The molecule has 76 valence electrons. The second kappa shape index (κ2) is 7.77. The normalized spacial score (nSPS) is 12.2. The Hall–Kier alpha value is -0.860. The molecule has 1 atom stereocenters. The number of hydrogen-bond donors (Lipinski definition) is 0. The number of rotatable bonds is 7. The van der Waals surface area contributed by atoms with Crippen molar-refractivity contribution in [3.05, 3.63) is 0 Å². The van der Waals surface area contributed by atoms with Gasteiger partial charge in [0.1, 0.15) is 6.61 Å². The largest absolute Gasteiger partial charge is 0.458 e. The third kappa shape index (κ3) is 5.39. The molecule has 0 amide bonds. The summed E-state index contributed by atoms with van der Waals surface area (Å²) < 4.78 is 4.73. The van der Waals surface area contributed by atoms with Gasteiger partial charge in [-0.15, -0.1) is 0 Å². The number of esters is 1. The second-order valence-corrected chi connectivity index (χ2v) is 3.04. The molecular formula is C10H18O3. The monoisotopic (exact) mass is 186 g/mol. The van der Waals surface area contributed by atoms with E-state index in [1.165, 1.54) is 0 Å². The number of ether oxygens (including phenoxy) is 1. The van der Waals surface area contributed by atoms with Crippen molar-refractivity contribution in [3.63, 3.8) is 0 Å². The van der Waals surface area contributed by atoms with Crippen LogP contribution < -0.4 is 0 Å². The third-order valence-electron chi connectivity index (χ3n) is 2.03. The lowest BCUT2D eigenvalue weighted by Crippen LogP contribution is -2.18. The van der Waals surface area contributed by atoms with Crippen molar-refractivity contribution >= 4 is 12.3 Å². The molecule has 0 saturated carbocycles. The van der Waals surface area contributed by atoms with Crippen LogP contribution in [0.2, 0.25) is 0 Å². The zero-order valence-electron chi connectivity index (χ0n) is 8.41. The lowest BCUT2D eigenvalue weighted by atomic mass is 10.00. The molecule has 0 heterocycles. The van der Waals surface area contributed by atoms with E-state index in [-0.39, 0.29) is 18.5 Å². The number of hydrogen-bond acceptors (Lipinski definition) is 3. The Balaban J connectivity index is 3.77. The van der Waals surface area contributed by atoms with Crippen molar-refractivity contribution in [2.45, 2.75) is 39.5 Å². The van der Waals surface area contributed by atoms with Gasteiger partial charge in [-0.1, -0.05) is 26.7 Å². The maximum absolute atomic E-state index is 11.3. The summed E-state index contributed by atoms with van der Waals surface area (Å²) in [4.78, 5) is 21.2. The van der Waals surface area contributed by atoms with Crippen LogP contribution in [0.4, 0.5) is 0 Å². The lowest BCUT2D eigenvalue weighted by molar-refractivity contribution is -0.150. The summed E-state index contributed by atoms with van der Waals surface area (Å²) in [5.41, 5.74) is 0. The van der Waals surface area contributed by atoms with Crippen LogP contribution in [0.25, 0.3) is 0 Å². The van der Waals surface area contributed by atoms with E-state index in [4.69, 9.17) is 4.74 Å². The minimum atomic E-state index is -0.233. The van der Waals surface area contributed by atoms with Crippen LogP contribution in [0.5, 0.6) is 0 Å². The van der Waals surface area contributed by atoms with Crippen molar-refractivity contribution in [1.82, 2.24) is 0 Å². The molecule has 0 fully saturated rings. The first-order valence-corrected chi connectivity index (χ1v) is 4.86. The minimum Gasteiger partial charge on any atom is -0.458 e. The summed E-state index contributed by atoms with van der Waals surface area (Å²) in [5, 5.41) is 0. The lowest BCUT2D eigenvalue weighted by Gasteiger charge is -2.11. The maximum Gasteiger partial charge on any atom is 0.309 e. The van der Waals surface area contributed by atoms with Crippen LogP contribution in [0.3, 0.4) is 0 Å². The maximum atomic E-state index is 11.3. The van der Waals surface area contributed by atoms with E-state index in [0.29, 0.717) is 6.29 Å². The van der Waals surface area contributed by atoms with E-state index in [9.17, 15) is 9.59 Å². The fraction of sp³-hybridized carbons (Fsp3) is 0.800. The predicted octanol–water partition coefficient (Wildman–Crippen LogP) is 1.94. The fourth-order valence-corrected chi connectivity index (χ4v) is 1.17. The van der Waals surface area contributed by atoms with Gasteiger partial charge in [-0.2, -0.15) is 0 Å². The molecule has 13 heavy (non-hydrogen) atoms. The first-order valence-electron chi connectivity index (χ1n) is 4.86. The molecule has 0 rings (SSSR count). The molecule has 0 radical (unpaired) electrons. The van der Waals surface area contributed by atoms with Gasteiger partial charge in [0, 0.05) is 0 Å². The Morgan fingerprint density at radius 2 is 2.15 bits per heavy atom. The standard InChI is InChI=1S/C10H18O3/c1-3-5-6-9(4-2)10(12)13-8-7-11/h7,9H,3-6,8H2,1-2H3. The minimum absolute atomic E-state index is 0.0279. The van der Waals surface area contributed by atoms with Gasteiger partial charge in [0.05, 0.1) is 5.92 Å². The number of carbonyl (C=O) groups is 2. The molecular weight excluding hydrogens is 168 g/mol. The Bertz CT molecular complexity index is 154. The molecule has 0 aliphatic heterocycles. The molecule has 3 heteroatoms. The van der Waals surface area contributed by atoms with Crippen molar-refractivity contribution in [2.75, 3.05) is 6.61 Å². The second-order valence-electron chi connectivity index (χ2n) is 3.04. The first kappa shape index (κ1) is 12.1. The summed E-state index contributed by atoms with van der Waals surface area (Å²) in [7, 11) is 0. The quantitative estimate of drug-likeness (QED) is 0.451. The van der Waals surface area contributed by atoms with E-state index in [2.05, 4.69) is 6.92 Å². The molecule has 1 unspecified atom stereocenters. The van der Waals surface area contributed by atoms with Gasteiger partial charge in [0.25, 0.3) is 0 Å². The van der Waals surface area contributed by atoms with Gasteiger partial charge >= 0.3 is 5.97 Å². The van der Waals surface area contributed by atoms with E-state index in [1.54, 1.807) is 0 Å². The highest BCUT2D eigenvalue weighted by Gasteiger charge is 2.16. The highest BCUT2D eigenvalue weighted by molar-refractivity contribution is 5.73. The van der Waals surface area contributed by atoms with Gasteiger partial charge in [-0.05, 0) is 12.8 Å². The smallest absolute Gasteiger partial charge is 0.309 e. The van der Waals surface area contributed by atoms with E-state index >= 15 is 0 Å². The van der Waals surface area contributed by atoms with Gasteiger partial charge < -0.3 is 4.74 Å². The van der Waals surface area contributed by atoms with E-state index < -0.39 is 0 Å². The van der Waals surface area contributed by atoms with Gasteiger partial charge in [0.15, 0.2) is 6.29 Å². The number of unbranched alkanes of at least 4 members (excludes halogenated alkanes) is 1. The molecule has 0 aliphatic rings. The fourth-order valence-electron chi connectivity index (χ4n) is 1.17. The molecule has 0 N–H and O–H groups in total. The van der Waals surface area contributed by atoms with Gasteiger partial charge in [-0.25, -0.2) is 0 Å². The summed E-state index contributed by atoms with van der Waals surface area (Å²) in [6.45, 7) is 3.94. The third-order valence-corrected chi connectivity index (χ3v) is 2.03. The molecule has 0 aromatic heterocycles. The molecule has 0 bridgehead atoms. The average Bonchev–Trinajstić information content (AvgIpc) is 2.16. The predicted molar refractivity (Wildman–Crippen MR) is 50.3 cm³/mol. The summed E-state index contributed by atoms with van der Waals surface area (Å²) in [5.74, 6) is -0.261. The van der Waals surface area contributed by atoms with Crippen LogP contribution in [0.15, 0.2) is 0 Å². The molecule has 0 spiro atoms. The molecule has 0 aliphatic carbocycles. The molecule has 0 saturated heterocycles. The van der Waals surface area contributed by atoms with Crippen LogP contribution in [-0.2, 0) is 14.3 Å². The Morgan fingerprint density at radius 3 is 2.62 bits per heavy atom. The zero-order chi connectivity index (χ0) is 10.1. The molecule has 0 aromatic carbocycles. The van der Waals surface area contributed by atoms with Crippen LogP contribution >= 0.6 is 0 Å². The van der Waals surface area contributed by atoms with Crippen molar-refractivity contribution < 1.29 is 14.3 Å². The Labute approximate surface area is 79.5 Å². The molecule has 3 nitrogen and oxygen atoms in total. The van der Waals surface area contributed by atoms with Crippen molar-refractivity contribution in [3.8, 4) is 0 Å². The van der Waals surface area contributed by atoms with Crippen LogP contribution in [-0.4, -0.2) is 18.9 Å². The van der Waals surface area contributed by atoms with Crippen LogP contribution in [0.1, 0.15) is 39.5 Å². The van der Waals surface area contributed by atoms with Crippen molar-refractivity contribution in [2.24, 2.45) is 5.92 Å². The van der Waals surface area contributed by atoms with E-state index in [1.807, 2.05) is 6.92 Å². The number of aldehydes is 1.